The van der Waals surface area contributed by atoms with Crippen molar-refractivity contribution in [2.75, 3.05) is 0 Å². The van der Waals surface area contributed by atoms with Gasteiger partial charge in [0.2, 0.25) is 0 Å². The number of benzene rings is 1. The quantitative estimate of drug-likeness (QED) is 0.625. The van der Waals surface area contributed by atoms with E-state index in [1.54, 1.807) is 6.07 Å². The van der Waals surface area contributed by atoms with Crippen molar-refractivity contribution in [2.24, 2.45) is 0 Å². The fourth-order valence-electron chi connectivity index (χ4n) is 2.40. The number of nitriles is 1. The molecule has 0 spiro atoms. The van der Waals surface area contributed by atoms with Crippen molar-refractivity contribution in [3.05, 3.63) is 35.1 Å². The van der Waals surface area contributed by atoms with Crippen molar-refractivity contribution >= 4 is 23.4 Å². The minimum atomic E-state index is -0.181. The SMILES string of the molecule is CCC(CC)n1c(COc2ccccc2Cl)nnc1S[C@H](C)C#N. The molecule has 0 saturated carbocycles. The zero-order valence-corrected chi connectivity index (χ0v) is 15.6. The second-order valence-corrected chi connectivity index (χ2v) is 7.06. The van der Waals surface area contributed by atoms with E-state index in [2.05, 4.69) is 34.7 Å². The number of ether oxygens (including phenoxy) is 1. The molecule has 7 heteroatoms. The first kappa shape index (κ1) is 18.6. The van der Waals surface area contributed by atoms with E-state index in [0.717, 1.165) is 23.8 Å². The molecule has 1 atom stereocenters. The summed E-state index contributed by atoms with van der Waals surface area (Å²) in [6.07, 6.45) is 1.92. The normalized spacial score (nSPS) is 12.2. The molecule has 24 heavy (non-hydrogen) atoms. The standard InChI is InChI=1S/C17H21ClN4OS/c1-4-13(5-2)22-16(20-21-17(22)24-12(3)10-19)11-23-15-9-7-6-8-14(15)18/h6-9,12-13H,4-5,11H2,1-3H3/t12-/m1/s1. The molecule has 5 nitrogen and oxygen atoms in total. The minimum absolute atomic E-state index is 0.181. The van der Waals surface area contributed by atoms with Gasteiger partial charge in [-0.3, -0.25) is 4.57 Å². The smallest absolute Gasteiger partial charge is 0.192 e. The van der Waals surface area contributed by atoms with Crippen molar-refractivity contribution in [1.82, 2.24) is 14.8 Å². The Morgan fingerprint density at radius 3 is 2.62 bits per heavy atom. The first-order chi connectivity index (χ1) is 11.6. The molecule has 0 saturated heterocycles. The van der Waals surface area contributed by atoms with Crippen LogP contribution in [0.25, 0.3) is 0 Å². The van der Waals surface area contributed by atoms with E-state index < -0.39 is 0 Å². The predicted octanol–water partition coefficient (Wildman–Crippen LogP) is 4.88. The average Bonchev–Trinajstić information content (AvgIpc) is 2.98. The van der Waals surface area contributed by atoms with Gasteiger partial charge >= 0.3 is 0 Å². The third kappa shape index (κ3) is 4.43. The van der Waals surface area contributed by atoms with Crippen LogP contribution in [0, 0.1) is 11.3 Å². The molecule has 1 heterocycles. The van der Waals surface area contributed by atoms with Gasteiger partial charge in [-0.05, 0) is 31.9 Å². The molecule has 0 fully saturated rings. The molecule has 128 valence electrons. The Bertz CT molecular complexity index is 709. The molecule has 1 aromatic carbocycles. The molecule has 0 radical (unpaired) electrons. The third-order valence-corrected chi connectivity index (χ3v) is 4.96. The van der Waals surface area contributed by atoms with Gasteiger partial charge in [0.05, 0.1) is 16.3 Å². The Morgan fingerprint density at radius 2 is 2.00 bits per heavy atom. The Kier molecular flexibility index (Phi) is 6.95. The van der Waals surface area contributed by atoms with Gasteiger partial charge in [-0.2, -0.15) is 5.26 Å². The minimum Gasteiger partial charge on any atom is -0.484 e. The van der Waals surface area contributed by atoms with E-state index in [4.69, 9.17) is 21.6 Å². The van der Waals surface area contributed by atoms with Gasteiger partial charge < -0.3 is 4.74 Å². The van der Waals surface area contributed by atoms with Crippen molar-refractivity contribution in [3.8, 4) is 11.8 Å². The van der Waals surface area contributed by atoms with Crippen LogP contribution in [0.2, 0.25) is 5.02 Å². The molecule has 2 rings (SSSR count). The molecule has 0 bridgehead atoms. The van der Waals surface area contributed by atoms with Crippen LogP contribution in [0.5, 0.6) is 5.75 Å². The number of hydrogen-bond acceptors (Lipinski definition) is 5. The predicted molar refractivity (Wildman–Crippen MR) is 96.4 cm³/mol. The van der Waals surface area contributed by atoms with E-state index in [9.17, 15) is 0 Å². The monoisotopic (exact) mass is 364 g/mol. The molecule has 1 aromatic heterocycles. The van der Waals surface area contributed by atoms with E-state index in [1.807, 2.05) is 25.1 Å². The van der Waals surface area contributed by atoms with Crippen LogP contribution in [-0.4, -0.2) is 20.0 Å². The second kappa shape index (κ2) is 8.95. The lowest BCUT2D eigenvalue weighted by Gasteiger charge is -2.19. The van der Waals surface area contributed by atoms with E-state index in [1.165, 1.54) is 11.8 Å². The third-order valence-electron chi connectivity index (χ3n) is 3.70. The van der Waals surface area contributed by atoms with Crippen LogP contribution >= 0.6 is 23.4 Å². The van der Waals surface area contributed by atoms with Crippen molar-refractivity contribution < 1.29 is 4.74 Å². The first-order valence-corrected chi connectivity index (χ1v) is 9.23. The highest BCUT2D eigenvalue weighted by molar-refractivity contribution is 8.00. The van der Waals surface area contributed by atoms with Crippen molar-refractivity contribution in [3.63, 3.8) is 0 Å². The van der Waals surface area contributed by atoms with Gasteiger partial charge in [-0.1, -0.05) is 49.3 Å². The molecule has 0 unspecified atom stereocenters. The fourth-order valence-corrected chi connectivity index (χ4v) is 3.41. The summed E-state index contributed by atoms with van der Waals surface area (Å²) in [6, 6.07) is 9.86. The molecule has 0 aliphatic rings. The lowest BCUT2D eigenvalue weighted by atomic mass is 10.2. The molecule has 0 aliphatic heterocycles. The highest BCUT2D eigenvalue weighted by Crippen LogP contribution is 2.29. The van der Waals surface area contributed by atoms with Gasteiger partial charge in [0.15, 0.2) is 11.0 Å². The summed E-state index contributed by atoms with van der Waals surface area (Å²) < 4.78 is 7.91. The number of para-hydroxylation sites is 1. The van der Waals surface area contributed by atoms with Gasteiger partial charge in [-0.25, -0.2) is 0 Å². The maximum Gasteiger partial charge on any atom is 0.192 e. The number of halogens is 1. The van der Waals surface area contributed by atoms with Gasteiger partial charge in [0, 0.05) is 6.04 Å². The van der Waals surface area contributed by atoms with Crippen molar-refractivity contribution in [1.29, 1.82) is 5.26 Å². The zero-order valence-electron chi connectivity index (χ0n) is 14.1. The Hall–Kier alpha value is -1.71. The van der Waals surface area contributed by atoms with Crippen LogP contribution in [0.3, 0.4) is 0 Å². The lowest BCUT2D eigenvalue weighted by molar-refractivity contribution is 0.278. The number of rotatable bonds is 8. The van der Waals surface area contributed by atoms with E-state index >= 15 is 0 Å². The molecular formula is C17H21ClN4OS. The second-order valence-electron chi connectivity index (χ2n) is 5.35. The zero-order chi connectivity index (χ0) is 17.5. The molecule has 0 aliphatic carbocycles. The maximum atomic E-state index is 9.06. The first-order valence-electron chi connectivity index (χ1n) is 7.98. The fraction of sp³-hybridized carbons (Fsp3) is 0.471. The van der Waals surface area contributed by atoms with Crippen LogP contribution in [-0.2, 0) is 6.61 Å². The number of hydrogen-bond donors (Lipinski definition) is 0. The van der Waals surface area contributed by atoms with Crippen LogP contribution in [0.4, 0.5) is 0 Å². The summed E-state index contributed by atoms with van der Waals surface area (Å²) in [4.78, 5) is 0. The maximum absolute atomic E-state index is 9.06. The summed E-state index contributed by atoms with van der Waals surface area (Å²) in [5.74, 6) is 1.37. The van der Waals surface area contributed by atoms with Crippen molar-refractivity contribution in [2.45, 2.75) is 56.7 Å². The molecule has 2 aromatic rings. The van der Waals surface area contributed by atoms with Crippen LogP contribution in [0.15, 0.2) is 29.4 Å². The summed E-state index contributed by atoms with van der Waals surface area (Å²) in [6.45, 7) is 6.41. The topological polar surface area (TPSA) is 63.7 Å². The van der Waals surface area contributed by atoms with Crippen LogP contribution < -0.4 is 4.74 Å². The van der Waals surface area contributed by atoms with Crippen LogP contribution in [0.1, 0.15) is 45.5 Å². The van der Waals surface area contributed by atoms with Gasteiger partial charge in [0.25, 0.3) is 0 Å². The molecule has 0 N–H and O–H groups in total. The molecule has 0 amide bonds. The number of aromatic nitrogens is 3. The van der Waals surface area contributed by atoms with E-state index in [0.29, 0.717) is 10.8 Å². The Labute approximate surface area is 152 Å². The summed E-state index contributed by atoms with van der Waals surface area (Å²) >= 11 is 7.55. The molecular weight excluding hydrogens is 344 g/mol. The summed E-state index contributed by atoms with van der Waals surface area (Å²) in [7, 11) is 0. The Morgan fingerprint density at radius 1 is 1.29 bits per heavy atom. The average molecular weight is 365 g/mol. The lowest BCUT2D eigenvalue weighted by Crippen LogP contribution is -2.14. The highest BCUT2D eigenvalue weighted by Gasteiger charge is 2.21. The summed E-state index contributed by atoms with van der Waals surface area (Å²) in [5, 5.41) is 18.8. The van der Waals surface area contributed by atoms with E-state index in [-0.39, 0.29) is 17.9 Å². The largest absolute Gasteiger partial charge is 0.484 e. The van der Waals surface area contributed by atoms with Gasteiger partial charge in [-0.15, -0.1) is 10.2 Å². The Balaban J connectivity index is 2.25. The number of thioether (sulfide) groups is 1. The highest BCUT2D eigenvalue weighted by atomic mass is 35.5. The summed E-state index contributed by atoms with van der Waals surface area (Å²) in [5.41, 5.74) is 0. The number of nitrogens with zero attached hydrogens (tertiary/aromatic N) is 4. The van der Waals surface area contributed by atoms with Gasteiger partial charge in [0.1, 0.15) is 12.4 Å².